The van der Waals surface area contributed by atoms with Crippen LogP contribution < -0.4 is 10.1 Å². The predicted molar refractivity (Wildman–Crippen MR) is 134 cm³/mol. The zero-order valence-corrected chi connectivity index (χ0v) is 19.6. The highest BCUT2D eigenvalue weighted by atomic mass is 19.1. The molecule has 0 bridgehead atoms. The minimum absolute atomic E-state index is 0.196. The van der Waals surface area contributed by atoms with E-state index in [1.54, 1.807) is 13.2 Å². The number of aliphatic hydroxyl groups is 2. The van der Waals surface area contributed by atoms with Crippen molar-refractivity contribution in [1.29, 1.82) is 0 Å². The molecule has 176 valence electrons. The maximum atomic E-state index is 14.2. The molecular weight excluding hydrogens is 429 g/mol. The number of aliphatic hydroxyl groups excluding tert-OH is 2. The molecule has 3 N–H and O–H groups in total. The van der Waals surface area contributed by atoms with E-state index in [1.165, 1.54) is 11.6 Å². The first-order valence-corrected chi connectivity index (χ1v) is 11.4. The topological polar surface area (TPSA) is 61.7 Å². The molecule has 0 saturated heterocycles. The Kier molecular flexibility index (Phi) is 7.58. The van der Waals surface area contributed by atoms with Gasteiger partial charge in [0.25, 0.3) is 0 Å². The Labute approximate surface area is 200 Å². The van der Waals surface area contributed by atoms with Crippen molar-refractivity contribution in [1.82, 2.24) is 5.32 Å². The fraction of sp³-hybridized carbons (Fsp3) is 0.241. The van der Waals surface area contributed by atoms with E-state index in [9.17, 15) is 14.6 Å². The van der Waals surface area contributed by atoms with Gasteiger partial charge in [-0.15, -0.1) is 0 Å². The molecule has 4 nitrogen and oxygen atoms in total. The highest BCUT2D eigenvalue weighted by Gasteiger charge is 2.24. The van der Waals surface area contributed by atoms with Crippen LogP contribution in [0.3, 0.4) is 0 Å². The van der Waals surface area contributed by atoms with Gasteiger partial charge in [0.05, 0.1) is 20.3 Å². The number of hydrogen-bond donors (Lipinski definition) is 3. The number of ether oxygens (including phenoxy) is 1. The second kappa shape index (κ2) is 10.8. The van der Waals surface area contributed by atoms with E-state index >= 15 is 0 Å². The molecule has 5 heteroatoms. The summed E-state index contributed by atoms with van der Waals surface area (Å²) in [5, 5.41) is 23.0. The van der Waals surface area contributed by atoms with Gasteiger partial charge < -0.3 is 20.3 Å². The average Bonchev–Trinajstić information content (AvgIpc) is 3.11. The second-order valence-electron chi connectivity index (χ2n) is 8.44. The lowest BCUT2D eigenvalue weighted by Gasteiger charge is -2.13. The minimum Gasteiger partial charge on any atom is -0.496 e. The van der Waals surface area contributed by atoms with E-state index in [-0.39, 0.29) is 19.0 Å². The SMILES string of the molecule is COc1cc(/C=C2/C(C)=C(CCNCc3ccccc3)c3cc(F)ccc32)cc(CO)c1CO. The summed E-state index contributed by atoms with van der Waals surface area (Å²) in [6, 6.07) is 18.9. The van der Waals surface area contributed by atoms with E-state index < -0.39 is 0 Å². The molecule has 0 radical (unpaired) electrons. The molecule has 1 aliphatic carbocycles. The Morgan fingerprint density at radius 1 is 0.971 bits per heavy atom. The number of rotatable bonds is 9. The summed E-state index contributed by atoms with van der Waals surface area (Å²) in [6.45, 7) is 3.23. The van der Waals surface area contributed by atoms with Crippen molar-refractivity contribution < 1.29 is 19.3 Å². The molecule has 0 atom stereocenters. The molecule has 3 aromatic carbocycles. The standard InChI is InChI=1S/C29H30FNO3/c1-19-24(10-11-31-16-20-6-4-3-5-7-20)27-15-23(30)8-9-25(27)26(19)13-21-12-22(17-32)28(18-33)29(14-21)34-2/h3-9,12-15,31-33H,10-11,16-18H2,1-2H3/b26-13-. The van der Waals surface area contributed by atoms with Crippen molar-refractivity contribution in [2.24, 2.45) is 0 Å². The molecule has 0 fully saturated rings. The van der Waals surface area contributed by atoms with Crippen LogP contribution in [0.2, 0.25) is 0 Å². The van der Waals surface area contributed by atoms with Crippen molar-refractivity contribution in [3.63, 3.8) is 0 Å². The Morgan fingerprint density at radius 3 is 2.47 bits per heavy atom. The molecule has 1 aliphatic rings. The van der Waals surface area contributed by atoms with E-state index in [4.69, 9.17) is 4.74 Å². The van der Waals surface area contributed by atoms with E-state index in [2.05, 4.69) is 24.4 Å². The minimum atomic E-state index is -0.251. The highest BCUT2D eigenvalue weighted by Crippen LogP contribution is 2.44. The van der Waals surface area contributed by atoms with Crippen molar-refractivity contribution in [2.45, 2.75) is 33.1 Å². The molecule has 0 heterocycles. The molecule has 0 saturated carbocycles. The lowest BCUT2D eigenvalue weighted by atomic mass is 9.97. The number of methoxy groups -OCH3 is 1. The first-order chi connectivity index (χ1) is 16.5. The number of allylic oxidation sites excluding steroid dienone is 2. The van der Waals surface area contributed by atoms with Crippen LogP contribution in [-0.2, 0) is 19.8 Å². The third-order valence-electron chi connectivity index (χ3n) is 6.36. The Morgan fingerprint density at radius 2 is 1.76 bits per heavy atom. The smallest absolute Gasteiger partial charge is 0.125 e. The molecule has 0 unspecified atom stereocenters. The summed E-state index contributed by atoms with van der Waals surface area (Å²) in [5.74, 6) is 0.282. The zero-order chi connectivity index (χ0) is 24.1. The van der Waals surface area contributed by atoms with Crippen LogP contribution >= 0.6 is 0 Å². The lowest BCUT2D eigenvalue weighted by molar-refractivity contribution is 0.254. The summed E-state index contributed by atoms with van der Waals surface area (Å²) < 4.78 is 19.6. The van der Waals surface area contributed by atoms with Crippen LogP contribution in [0.4, 0.5) is 4.39 Å². The fourth-order valence-electron chi connectivity index (χ4n) is 4.60. The zero-order valence-electron chi connectivity index (χ0n) is 19.6. The molecule has 0 aliphatic heterocycles. The van der Waals surface area contributed by atoms with Gasteiger partial charge in [0, 0.05) is 12.1 Å². The van der Waals surface area contributed by atoms with Crippen molar-refractivity contribution in [3.8, 4) is 5.75 Å². The molecule has 0 aromatic heterocycles. The Hall–Kier alpha value is -3.25. The molecule has 34 heavy (non-hydrogen) atoms. The van der Waals surface area contributed by atoms with Gasteiger partial charge >= 0.3 is 0 Å². The van der Waals surface area contributed by atoms with Crippen molar-refractivity contribution in [2.75, 3.05) is 13.7 Å². The van der Waals surface area contributed by atoms with Gasteiger partial charge in [0.2, 0.25) is 0 Å². The summed E-state index contributed by atoms with van der Waals surface area (Å²) in [6.07, 6.45) is 2.82. The van der Waals surface area contributed by atoms with Crippen LogP contribution in [0, 0.1) is 5.82 Å². The van der Waals surface area contributed by atoms with Gasteiger partial charge in [-0.05, 0) is 94.8 Å². The molecule has 4 rings (SSSR count). The van der Waals surface area contributed by atoms with Crippen LogP contribution in [0.1, 0.15) is 46.7 Å². The number of halogens is 1. The van der Waals surface area contributed by atoms with Crippen molar-refractivity contribution in [3.05, 3.63) is 105 Å². The van der Waals surface area contributed by atoms with E-state index in [0.29, 0.717) is 16.9 Å². The molecule has 0 spiro atoms. The van der Waals surface area contributed by atoms with Crippen LogP contribution in [0.5, 0.6) is 5.75 Å². The third kappa shape index (κ3) is 4.97. The van der Waals surface area contributed by atoms with Crippen LogP contribution in [0.25, 0.3) is 17.2 Å². The number of nitrogens with one attached hydrogen (secondary N) is 1. The normalized spacial score (nSPS) is 14.1. The van der Waals surface area contributed by atoms with Gasteiger partial charge in [0.15, 0.2) is 0 Å². The first-order valence-electron chi connectivity index (χ1n) is 11.4. The summed E-state index contributed by atoms with van der Waals surface area (Å²) in [4.78, 5) is 0. The van der Waals surface area contributed by atoms with Crippen LogP contribution in [-0.4, -0.2) is 23.9 Å². The highest BCUT2D eigenvalue weighted by molar-refractivity contribution is 6.05. The number of fused-ring (bicyclic) bond motifs is 1. The quantitative estimate of drug-likeness (QED) is 0.379. The number of benzene rings is 3. The van der Waals surface area contributed by atoms with Gasteiger partial charge in [-0.3, -0.25) is 0 Å². The molecule has 0 amide bonds. The fourth-order valence-corrected chi connectivity index (χ4v) is 4.60. The maximum Gasteiger partial charge on any atom is 0.125 e. The van der Waals surface area contributed by atoms with Gasteiger partial charge in [-0.1, -0.05) is 36.4 Å². The largest absolute Gasteiger partial charge is 0.496 e. The summed E-state index contributed by atoms with van der Waals surface area (Å²) in [7, 11) is 1.55. The average molecular weight is 460 g/mol. The van der Waals surface area contributed by atoms with Gasteiger partial charge in [0.1, 0.15) is 11.6 Å². The first kappa shape index (κ1) is 23.9. The van der Waals surface area contributed by atoms with E-state index in [1.807, 2.05) is 42.5 Å². The van der Waals surface area contributed by atoms with Gasteiger partial charge in [-0.25, -0.2) is 4.39 Å². The molecular formula is C29H30FNO3. The van der Waals surface area contributed by atoms with Crippen molar-refractivity contribution >= 4 is 17.2 Å². The molecule has 3 aromatic rings. The summed E-state index contributed by atoms with van der Waals surface area (Å²) >= 11 is 0. The Balaban J connectivity index is 1.65. The summed E-state index contributed by atoms with van der Waals surface area (Å²) in [5.41, 5.74) is 8.46. The lowest BCUT2D eigenvalue weighted by Crippen LogP contribution is -2.15. The second-order valence-corrected chi connectivity index (χ2v) is 8.44. The number of hydrogen-bond acceptors (Lipinski definition) is 4. The van der Waals surface area contributed by atoms with Gasteiger partial charge in [-0.2, -0.15) is 0 Å². The Bertz CT molecular complexity index is 1210. The monoisotopic (exact) mass is 459 g/mol. The van der Waals surface area contributed by atoms with E-state index in [0.717, 1.165) is 52.9 Å². The van der Waals surface area contributed by atoms with Crippen LogP contribution in [0.15, 0.2) is 66.2 Å². The third-order valence-corrected chi connectivity index (χ3v) is 6.36. The maximum absolute atomic E-state index is 14.2. The predicted octanol–water partition coefficient (Wildman–Crippen LogP) is 5.33.